The third kappa shape index (κ3) is 4.69. The second-order valence-electron chi connectivity index (χ2n) is 5.85. The fraction of sp³-hybridized carbons (Fsp3) is 0.0952. The number of carbonyl (C=O) groups excluding carboxylic acids is 1. The first-order valence-electron chi connectivity index (χ1n) is 8.48. The van der Waals surface area contributed by atoms with Crippen molar-refractivity contribution in [3.63, 3.8) is 0 Å². The Hall–Kier alpha value is -3.32. The van der Waals surface area contributed by atoms with Crippen LogP contribution < -0.4 is 10.1 Å². The van der Waals surface area contributed by atoms with Crippen molar-refractivity contribution >= 4 is 29.0 Å². The number of rotatable bonds is 7. The highest BCUT2D eigenvalue weighted by atomic mass is 32.2. The molecule has 6 nitrogen and oxygen atoms in total. The molecule has 0 radical (unpaired) electrons. The molecule has 0 spiro atoms. The quantitative estimate of drug-likeness (QED) is 0.343. The average Bonchev–Trinajstić information content (AvgIpc) is 2.73. The van der Waals surface area contributed by atoms with Crippen LogP contribution in [0, 0.1) is 10.1 Å². The highest BCUT2D eigenvalue weighted by Gasteiger charge is 2.25. The van der Waals surface area contributed by atoms with E-state index >= 15 is 0 Å². The molecule has 1 N–H and O–H groups in total. The zero-order valence-corrected chi connectivity index (χ0v) is 15.9. The van der Waals surface area contributed by atoms with E-state index in [0.29, 0.717) is 5.75 Å². The third-order valence-electron chi connectivity index (χ3n) is 4.00. The number of nitro groups is 1. The van der Waals surface area contributed by atoms with Crippen LogP contribution in [0.3, 0.4) is 0 Å². The summed E-state index contributed by atoms with van der Waals surface area (Å²) in [6.07, 6.45) is 0. The molecule has 142 valence electrons. The normalized spacial score (nSPS) is 11.5. The molecule has 0 heterocycles. The summed E-state index contributed by atoms with van der Waals surface area (Å²) in [7, 11) is 1.43. The second kappa shape index (κ2) is 9.05. The van der Waals surface area contributed by atoms with Gasteiger partial charge in [0.15, 0.2) is 0 Å². The number of carbonyl (C=O) groups is 1. The van der Waals surface area contributed by atoms with E-state index in [0.717, 1.165) is 10.5 Å². The zero-order chi connectivity index (χ0) is 19.9. The van der Waals surface area contributed by atoms with E-state index in [1.54, 1.807) is 6.07 Å². The lowest BCUT2D eigenvalue weighted by Gasteiger charge is -2.17. The molecule has 3 rings (SSSR count). The smallest absolute Gasteiger partial charge is 0.296 e. The van der Waals surface area contributed by atoms with Crippen molar-refractivity contribution in [2.45, 2.75) is 10.1 Å². The molecule has 28 heavy (non-hydrogen) atoms. The molecule has 0 aromatic heterocycles. The van der Waals surface area contributed by atoms with Crippen molar-refractivity contribution in [1.29, 1.82) is 0 Å². The van der Waals surface area contributed by atoms with Crippen molar-refractivity contribution in [2.75, 3.05) is 12.4 Å². The molecule has 0 saturated heterocycles. The summed E-state index contributed by atoms with van der Waals surface area (Å²) in [5.74, 6) is 0.0105. The molecule has 0 unspecified atom stereocenters. The maximum absolute atomic E-state index is 13.1. The fourth-order valence-electron chi connectivity index (χ4n) is 2.63. The van der Waals surface area contributed by atoms with E-state index < -0.39 is 10.2 Å². The van der Waals surface area contributed by atoms with Crippen molar-refractivity contribution in [3.05, 3.63) is 94.5 Å². The Kier molecular flexibility index (Phi) is 6.29. The molecule has 0 aliphatic rings. The van der Waals surface area contributed by atoms with Gasteiger partial charge in [-0.05, 0) is 29.8 Å². The molecule has 1 amide bonds. The van der Waals surface area contributed by atoms with Crippen LogP contribution in [-0.4, -0.2) is 17.9 Å². The van der Waals surface area contributed by atoms with Crippen molar-refractivity contribution < 1.29 is 14.5 Å². The Labute approximate surface area is 166 Å². The minimum absolute atomic E-state index is 0.130. The van der Waals surface area contributed by atoms with Gasteiger partial charge < -0.3 is 10.1 Å². The first-order chi connectivity index (χ1) is 13.6. The Bertz CT molecular complexity index is 965. The van der Waals surface area contributed by atoms with Crippen LogP contribution in [0.15, 0.2) is 83.8 Å². The van der Waals surface area contributed by atoms with Gasteiger partial charge in [-0.15, -0.1) is 11.8 Å². The van der Waals surface area contributed by atoms with Gasteiger partial charge >= 0.3 is 0 Å². The lowest BCUT2D eigenvalue weighted by Crippen LogP contribution is -2.19. The maximum Gasteiger partial charge on any atom is 0.296 e. The van der Waals surface area contributed by atoms with Crippen LogP contribution in [0.5, 0.6) is 5.75 Å². The largest absolute Gasteiger partial charge is 0.496 e. The van der Waals surface area contributed by atoms with Crippen LogP contribution in [0.1, 0.15) is 10.8 Å². The topological polar surface area (TPSA) is 81.5 Å². The number of nitro benzene ring substituents is 1. The number of thioether (sulfide) groups is 1. The van der Waals surface area contributed by atoms with Crippen molar-refractivity contribution in [3.8, 4) is 5.75 Å². The SMILES string of the molecule is COc1ccc(NC(=O)[C@@H](Sc2ccccc2)c2ccccc2)c([N+](=O)[O-])c1. The molecule has 3 aromatic carbocycles. The number of benzene rings is 3. The van der Waals surface area contributed by atoms with E-state index in [1.165, 1.54) is 31.0 Å². The molecule has 0 bridgehead atoms. The van der Waals surface area contributed by atoms with Gasteiger partial charge in [0.1, 0.15) is 16.7 Å². The Morgan fingerprint density at radius 2 is 1.68 bits per heavy atom. The monoisotopic (exact) mass is 394 g/mol. The van der Waals surface area contributed by atoms with Crippen LogP contribution in [-0.2, 0) is 4.79 Å². The van der Waals surface area contributed by atoms with Gasteiger partial charge in [-0.2, -0.15) is 0 Å². The molecular weight excluding hydrogens is 376 g/mol. The summed E-state index contributed by atoms with van der Waals surface area (Å²) in [5.41, 5.74) is 0.722. The highest BCUT2D eigenvalue weighted by molar-refractivity contribution is 8.00. The van der Waals surface area contributed by atoms with Gasteiger partial charge in [0.05, 0.1) is 18.1 Å². The Balaban J connectivity index is 1.91. The molecule has 0 aliphatic carbocycles. The van der Waals surface area contributed by atoms with Crippen LogP contribution in [0.4, 0.5) is 11.4 Å². The number of nitrogens with zero attached hydrogens (tertiary/aromatic N) is 1. The number of hydrogen-bond donors (Lipinski definition) is 1. The minimum atomic E-state index is -0.565. The van der Waals surface area contributed by atoms with E-state index in [-0.39, 0.29) is 17.3 Å². The second-order valence-corrected chi connectivity index (χ2v) is 7.03. The fourth-order valence-corrected chi connectivity index (χ4v) is 3.67. The zero-order valence-electron chi connectivity index (χ0n) is 15.1. The first kappa shape index (κ1) is 19.4. The molecule has 3 aromatic rings. The maximum atomic E-state index is 13.1. The number of amides is 1. The molecule has 0 aliphatic heterocycles. The van der Waals surface area contributed by atoms with Crippen LogP contribution in [0.25, 0.3) is 0 Å². The Morgan fingerprint density at radius 3 is 2.29 bits per heavy atom. The number of hydrogen-bond acceptors (Lipinski definition) is 5. The summed E-state index contributed by atoms with van der Waals surface area (Å²) >= 11 is 1.38. The first-order valence-corrected chi connectivity index (χ1v) is 9.36. The van der Waals surface area contributed by atoms with Crippen LogP contribution >= 0.6 is 11.8 Å². The molecule has 0 fully saturated rings. The van der Waals surface area contributed by atoms with E-state index in [9.17, 15) is 14.9 Å². The van der Waals surface area contributed by atoms with Crippen molar-refractivity contribution in [2.24, 2.45) is 0 Å². The van der Waals surface area contributed by atoms with E-state index in [1.807, 2.05) is 60.7 Å². The van der Waals surface area contributed by atoms with Gasteiger partial charge in [-0.25, -0.2) is 0 Å². The standard InChI is InChI=1S/C21H18N2O4S/c1-27-16-12-13-18(19(14-16)23(25)26)22-21(24)20(15-8-4-2-5-9-15)28-17-10-6-3-7-11-17/h2-14,20H,1H3,(H,22,24)/t20-/m0/s1. The van der Waals surface area contributed by atoms with Gasteiger partial charge in [0, 0.05) is 4.90 Å². The number of ether oxygens (including phenoxy) is 1. The highest BCUT2D eigenvalue weighted by Crippen LogP contribution is 2.37. The average molecular weight is 394 g/mol. The van der Waals surface area contributed by atoms with Gasteiger partial charge in [0.2, 0.25) is 5.91 Å². The summed E-state index contributed by atoms with van der Waals surface area (Å²) in [6.45, 7) is 0. The van der Waals surface area contributed by atoms with E-state index in [2.05, 4.69) is 5.32 Å². The summed E-state index contributed by atoms with van der Waals surface area (Å²) in [6, 6.07) is 23.2. The summed E-state index contributed by atoms with van der Waals surface area (Å²) in [5, 5.41) is 13.5. The predicted octanol–water partition coefficient (Wildman–Crippen LogP) is 5.08. The van der Waals surface area contributed by atoms with Gasteiger partial charge in [0.25, 0.3) is 5.69 Å². The van der Waals surface area contributed by atoms with Gasteiger partial charge in [-0.1, -0.05) is 48.5 Å². The predicted molar refractivity (Wildman–Crippen MR) is 110 cm³/mol. The lowest BCUT2D eigenvalue weighted by atomic mass is 10.1. The number of methoxy groups -OCH3 is 1. The number of anilines is 1. The summed E-state index contributed by atoms with van der Waals surface area (Å²) < 4.78 is 5.04. The van der Waals surface area contributed by atoms with Crippen molar-refractivity contribution in [1.82, 2.24) is 0 Å². The third-order valence-corrected chi connectivity index (χ3v) is 5.26. The van der Waals surface area contributed by atoms with E-state index in [4.69, 9.17) is 4.74 Å². The lowest BCUT2D eigenvalue weighted by molar-refractivity contribution is -0.384. The Morgan fingerprint density at radius 1 is 1.04 bits per heavy atom. The molecule has 0 saturated carbocycles. The number of nitrogens with one attached hydrogen (secondary N) is 1. The minimum Gasteiger partial charge on any atom is -0.496 e. The van der Waals surface area contributed by atoms with Crippen LogP contribution in [0.2, 0.25) is 0 Å². The van der Waals surface area contributed by atoms with Gasteiger partial charge in [-0.3, -0.25) is 14.9 Å². The molecular formula is C21H18N2O4S. The molecule has 7 heteroatoms. The molecule has 1 atom stereocenters. The summed E-state index contributed by atoms with van der Waals surface area (Å²) in [4.78, 5) is 24.8.